The predicted octanol–water partition coefficient (Wildman–Crippen LogP) is 2.84. The van der Waals surface area contributed by atoms with Crippen LogP contribution in [0.3, 0.4) is 0 Å². The highest BCUT2D eigenvalue weighted by Gasteiger charge is 2.27. The van der Waals surface area contributed by atoms with Crippen molar-refractivity contribution >= 4 is 17.5 Å². The molecule has 1 amide bonds. The number of aromatic nitrogens is 2. The fraction of sp³-hybridized carbons (Fsp3) is 0.714. The van der Waals surface area contributed by atoms with Crippen molar-refractivity contribution in [3.05, 3.63) is 17.5 Å². The Bertz CT molecular complexity index is 444. The Morgan fingerprint density at radius 1 is 1.47 bits per heavy atom. The maximum absolute atomic E-state index is 12.7. The third-order valence-electron chi connectivity index (χ3n) is 3.74. The van der Waals surface area contributed by atoms with Gasteiger partial charge in [-0.05, 0) is 32.8 Å². The number of alkyl halides is 1. The molecule has 0 N–H and O–H groups in total. The molecule has 1 aromatic rings. The molecule has 0 bridgehead atoms. The molecule has 2 heterocycles. The van der Waals surface area contributed by atoms with Crippen LogP contribution in [0.5, 0.6) is 0 Å². The smallest absolute Gasteiger partial charge is 0.272 e. The van der Waals surface area contributed by atoms with Crippen LogP contribution in [0.25, 0.3) is 0 Å². The fourth-order valence-corrected chi connectivity index (χ4v) is 3.03. The molecule has 4 nitrogen and oxygen atoms in total. The summed E-state index contributed by atoms with van der Waals surface area (Å²) in [5, 5.41) is 4.36. The summed E-state index contributed by atoms with van der Waals surface area (Å²) in [4.78, 5) is 14.7. The Balaban J connectivity index is 2.24. The summed E-state index contributed by atoms with van der Waals surface area (Å²) in [6.45, 7) is 5.45. The van der Waals surface area contributed by atoms with Crippen molar-refractivity contribution in [2.75, 3.05) is 12.4 Å². The third kappa shape index (κ3) is 3.11. The number of carbonyl (C=O) groups excluding carboxylic acids is 1. The lowest BCUT2D eigenvalue weighted by Crippen LogP contribution is -2.42. The van der Waals surface area contributed by atoms with E-state index in [0.29, 0.717) is 18.1 Å². The van der Waals surface area contributed by atoms with E-state index in [1.54, 1.807) is 4.68 Å². The molecule has 1 fully saturated rings. The number of halogens is 1. The molecule has 1 saturated heterocycles. The van der Waals surface area contributed by atoms with Crippen LogP contribution in [0.4, 0.5) is 0 Å². The maximum atomic E-state index is 12.7. The summed E-state index contributed by atoms with van der Waals surface area (Å²) in [6.07, 6.45) is 4.42. The largest absolute Gasteiger partial charge is 0.333 e. The zero-order chi connectivity index (χ0) is 13.8. The first-order valence-electron chi connectivity index (χ1n) is 7.08. The summed E-state index contributed by atoms with van der Waals surface area (Å²) in [7, 11) is 0. The first-order valence-corrected chi connectivity index (χ1v) is 7.62. The number of carbonyl (C=O) groups is 1. The van der Waals surface area contributed by atoms with E-state index in [-0.39, 0.29) is 11.9 Å². The molecule has 2 rings (SSSR count). The monoisotopic (exact) mass is 283 g/mol. The molecule has 1 aliphatic heterocycles. The second kappa shape index (κ2) is 6.42. The molecule has 1 atom stereocenters. The lowest BCUT2D eigenvalue weighted by atomic mass is 10.1. The highest BCUT2D eigenvalue weighted by molar-refractivity contribution is 6.18. The molecule has 5 heteroatoms. The summed E-state index contributed by atoms with van der Waals surface area (Å²) in [5.41, 5.74) is 1.58. The summed E-state index contributed by atoms with van der Waals surface area (Å²) < 4.78 is 1.79. The fourth-order valence-electron chi connectivity index (χ4n) is 2.71. The van der Waals surface area contributed by atoms with Gasteiger partial charge in [0.25, 0.3) is 5.91 Å². The van der Waals surface area contributed by atoms with E-state index in [4.69, 9.17) is 11.6 Å². The lowest BCUT2D eigenvalue weighted by molar-refractivity contribution is 0.0687. The second-order valence-electron chi connectivity index (χ2n) is 5.14. The normalized spacial score (nSPS) is 20.4. The summed E-state index contributed by atoms with van der Waals surface area (Å²) in [6, 6.07) is 2.04. The molecule has 0 aliphatic carbocycles. The van der Waals surface area contributed by atoms with Crippen molar-refractivity contribution in [1.29, 1.82) is 0 Å². The number of aryl methyl sites for hydroxylation is 2. The van der Waals surface area contributed by atoms with Crippen LogP contribution in [0.2, 0.25) is 0 Å². The number of hydrogen-bond donors (Lipinski definition) is 0. The van der Waals surface area contributed by atoms with E-state index in [1.807, 2.05) is 24.8 Å². The summed E-state index contributed by atoms with van der Waals surface area (Å²) >= 11 is 6.04. The van der Waals surface area contributed by atoms with Crippen LogP contribution in [0.15, 0.2) is 6.07 Å². The molecule has 0 saturated carbocycles. The first-order chi connectivity index (χ1) is 9.17. The van der Waals surface area contributed by atoms with Crippen molar-refractivity contribution in [2.45, 2.75) is 52.1 Å². The van der Waals surface area contributed by atoms with Gasteiger partial charge in [-0.1, -0.05) is 12.8 Å². The van der Waals surface area contributed by atoms with Gasteiger partial charge in [0.05, 0.1) is 5.69 Å². The number of amides is 1. The van der Waals surface area contributed by atoms with Crippen LogP contribution in [0.1, 0.15) is 48.8 Å². The Morgan fingerprint density at radius 3 is 2.95 bits per heavy atom. The van der Waals surface area contributed by atoms with Gasteiger partial charge in [0, 0.05) is 25.0 Å². The molecular weight excluding hydrogens is 262 g/mol. The van der Waals surface area contributed by atoms with Crippen molar-refractivity contribution in [1.82, 2.24) is 14.7 Å². The number of rotatable bonds is 3. The highest BCUT2D eigenvalue weighted by Crippen LogP contribution is 2.20. The molecule has 0 spiro atoms. The predicted molar refractivity (Wildman–Crippen MR) is 76.7 cm³/mol. The van der Waals surface area contributed by atoms with Crippen LogP contribution in [-0.4, -0.2) is 39.1 Å². The topological polar surface area (TPSA) is 38.1 Å². The minimum absolute atomic E-state index is 0.0787. The average molecular weight is 284 g/mol. The first kappa shape index (κ1) is 14.4. The van der Waals surface area contributed by atoms with Gasteiger partial charge in [0.15, 0.2) is 0 Å². The standard InChI is InChI=1S/C14H22ClN3O/c1-3-18-13(9-11(2)16-18)14(19)17-8-6-4-5-7-12(17)10-15/h9,12H,3-8,10H2,1-2H3. The van der Waals surface area contributed by atoms with Crippen LogP contribution in [-0.2, 0) is 6.54 Å². The van der Waals surface area contributed by atoms with Crippen molar-refractivity contribution < 1.29 is 4.79 Å². The number of hydrogen-bond acceptors (Lipinski definition) is 2. The highest BCUT2D eigenvalue weighted by atomic mass is 35.5. The molecule has 0 aromatic carbocycles. The number of nitrogens with zero attached hydrogens (tertiary/aromatic N) is 3. The molecule has 106 valence electrons. The second-order valence-corrected chi connectivity index (χ2v) is 5.45. The zero-order valence-corrected chi connectivity index (χ0v) is 12.5. The van der Waals surface area contributed by atoms with Crippen LogP contribution >= 0.6 is 11.6 Å². The van der Waals surface area contributed by atoms with Gasteiger partial charge in [-0.25, -0.2) is 0 Å². The summed E-state index contributed by atoms with van der Waals surface area (Å²) in [5.74, 6) is 0.598. The van der Waals surface area contributed by atoms with Gasteiger partial charge in [0.2, 0.25) is 0 Å². The van der Waals surface area contributed by atoms with Crippen LogP contribution < -0.4 is 0 Å². The van der Waals surface area contributed by atoms with E-state index >= 15 is 0 Å². The van der Waals surface area contributed by atoms with Crippen LogP contribution in [0, 0.1) is 6.92 Å². The molecule has 0 radical (unpaired) electrons. The van der Waals surface area contributed by atoms with E-state index in [0.717, 1.165) is 31.5 Å². The minimum atomic E-state index is 0.0787. The Labute approximate surface area is 119 Å². The quantitative estimate of drug-likeness (QED) is 0.800. The van der Waals surface area contributed by atoms with Gasteiger partial charge in [-0.3, -0.25) is 9.48 Å². The Hall–Kier alpha value is -1.03. The average Bonchev–Trinajstić information content (AvgIpc) is 2.64. The molecule has 1 aliphatic rings. The zero-order valence-electron chi connectivity index (χ0n) is 11.7. The maximum Gasteiger partial charge on any atom is 0.272 e. The van der Waals surface area contributed by atoms with E-state index in [1.165, 1.54) is 6.42 Å². The SMILES string of the molecule is CCn1nc(C)cc1C(=O)N1CCCCCC1CCl. The minimum Gasteiger partial charge on any atom is -0.333 e. The van der Waals surface area contributed by atoms with Gasteiger partial charge in [0.1, 0.15) is 5.69 Å². The van der Waals surface area contributed by atoms with Gasteiger partial charge in [-0.15, -0.1) is 11.6 Å². The van der Waals surface area contributed by atoms with E-state index in [2.05, 4.69) is 5.10 Å². The molecule has 1 aromatic heterocycles. The lowest BCUT2D eigenvalue weighted by Gasteiger charge is -2.28. The van der Waals surface area contributed by atoms with Crippen molar-refractivity contribution in [2.24, 2.45) is 0 Å². The van der Waals surface area contributed by atoms with E-state index < -0.39 is 0 Å². The molecule has 19 heavy (non-hydrogen) atoms. The van der Waals surface area contributed by atoms with E-state index in [9.17, 15) is 4.79 Å². The Kier molecular flexibility index (Phi) is 4.86. The van der Waals surface area contributed by atoms with Crippen molar-refractivity contribution in [3.63, 3.8) is 0 Å². The molecular formula is C14H22ClN3O. The van der Waals surface area contributed by atoms with Gasteiger partial charge in [-0.2, -0.15) is 5.10 Å². The van der Waals surface area contributed by atoms with Crippen molar-refractivity contribution in [3.8, 4) is 0 Å². The third-order valence-corrected chi connectivity index (χ3v) is 4.09. The van der Waals surface area contributed by atoms with Gasteiger partial charge < -0.3 is 4.90 Å². The Morgan fingerprint density at radius 2 is 2.26 bits per heavy atom. The molecule has 1 unspecified atom stereocenters. The van der Waals surface area contributed by atoms with Gasteiger partial charge >= 0.3 is 0 Å². The number of likely N-dealkylation sites (tertiary alicyclic amines) is 1.